The molecule has 1 aromatic carbocycles. The summed E-state index contributed by atoms with van der Waals surface area (Å²) in [6, 6.07) is 6.75. The van der Waals surface area contributed by atoms with Gasteiger partial charge in [-0.05, 0) is 44.2 Å². The Morgan fingerprint density at radius 2 is 1.64 bits per heavy atom. The van der Waals surface area contributed by atoms with Crippen LogP contribution in [0.1, 0.15) is 96.6 Å². The summed E-state index contributed by atoms with van der Waals surface area (Å²) in [5.74, 6) is -3.61. The molecule has 0 aliphatic carbocycles. The van der Waals surface area contributed by atoms with Crippen molar-refractivity contribution in [1.29, 1.82) is 0 Å². The average Bonchev–Trinajstić information content (AvgIpc) is 3.34. The Balaban J connectivity index is 2.23. The fourth-order valence-corrected chi connectivity index (χ4v) is 5.07. The number of hydrogen-bond donors (Lipinski definition) is 1. The second-order valence-electron chi connectivity index (χ2n) is 11.5. The van der Waals surface area contributed by atoms with Gasteiger partial charge in [-0.15, -0.1) is 0 Å². The molecule has 3 atom stereocenters. The van der Waals surface area contributed by atoms with Crippen LogP contribution in [0.5, 0.6) is 0 Å². The highest BCUT2D eigenvalue weighted by atomic mass is 16.6. The van der Waals surface area contributed by atoms with Gasteiger partial charge >= 0.3 is 12.1 Å². The van der Waals surface area contributed by atoms with Crippen molar-refractivity contribution in [2.75, 3.05) is 13.2 Å². The number of Topliss-reactive ketones (excluding diaryl/α,β-unsaturated/α-hetero) is 1. The summed E-state index contributed by atoms with van der Waals surface area (Å²) < 4.78 is 10.4. The summed E-state index contributed by atoms with van der Waals surface area (Å²) in [7, 11) is 0. The monoisotopic (exact) mass is 585 g/mol. The molecule has 1 aliphatic rings. The average molecular weight is 586 g/mol. The number of aliphatic hydroxyl groups excluding tert-OH is 1. The number of amides is 2. The van der Waals surface area contributed by atoms with Crippen LogP contribution in [0.4, 0.5) is 4.79 Å². The van der Waals surface area contributed by atoms with E-state index in [0.717, 1.165) is 62.3 Å². The van der Waals surface area contributed by atoms with Gasteiger partial charge in [0.25, 0.3) is 0 Å². The number of nitrogens with zero attached hydrogens (tertiary/aromatic N) is 1. The Kier molecular flexibility index (Phi) is 14.6. The first-order valence-corrected chi connectivity index (χ1v) is 15.1. The lowest BCUT2D eigenvalue weighted by Crippen LogP contribution is -2.48. The van der Waals surface area contributed by atoms with Crippen LogP contribution in [0, 0.1) is 18.8 Å². The second kappa shape index (κ2) is 17.6. The van der Waals surface area contributed by atoms with Gasteiger partial charge in [0.1, 0.15) is 6.61 Å². The SMILES string of the molecule is CC(=O)O[C@H](C(=O)C=C(C(=O)CCCCCCCCCCO)c1cccc(C)c1)[C@H](C)C(=O)N1C(=O)OC[C@@H]1C(C)C. The first kappa shape index (κ1) is 34.9. The molecule has 9 nitrogen and oxygen atoms in total. The molecule has 42 heavy (non-hydrogen) atoms. The zero-order chi connectivity index (χ0) is 31.2. The molecule has 0 unspecified atom stereocenters. The molecular formula is C33H47NO8. The highest BCUT2D eigenvalue weighted by Crippen LogP contribution is 2.26. The number of benzene rings is 1. The molecule has 0 spiro atoms. The molecule has 232 valence electrons. The number of cyclic esters (lactones) is 1. The Morgan fingerprint density at radius 1 is 1.02 bits per heavy atom. The van der Waals surface area contributed by atoms with Crippen molar-refractivity contribution in [2.24, 2.45) is 11.8 Å². The normalized spacial score (nSPS) is 16.7. The van der Waals surface area contributed by atoms with Crippen LogP contribution in [0.25, 0.3) is 5.57 Å². The van der Waals surface area contributed by atoms with Crippen molar-refractivity contribution in [3.63, 3.8) is 0 Å². The largest absolute Gasteiger partial charge is 0.453 e. The quantitative estimate of drug-likeness (QED) is 0.134. The molecular weight excluding hydrogens is 538 g/mol. The Hall–Kier alpha value is -3.33. The van der Waals surface area contributed by atoms with Crippen molar-refractivity contribution < 1.29 is 38.6 Å². The van der Waals surface area contributed by atoms with Crippen LogP contribution in [0.2, 0.25) is 0 Å². The summed E-state index contributed by atoms with van der Waals surface area (Å²) in [6.45, 7) is 8.45. The number of aryl methyl sites for hydroxylation is 1. The third kappa shape index (κ3) is 10.5. The van der Waals surface area contributed by atoms with Gasteiger partial charge in [0.05, 0.1) is 12.0 Å². The van der Waals surface area contributed by atoms with Crippen molar-refractivity contribution in [1.82, 2.24) is 4.90 Å². The fraction of sp³-hybridized carbons (Fsp3) is 0.606. The van der Waals surface area contributed by atoms with E-state index in [2.05, 4.69) is 0 Å². The molecule has 9 heteroatoms. The molecule has 1 fully saturated rings. The molecule has 1 aliphatic heterocycles. The first-order valence-electron chi connectivity index (χ1n) is 15.1. The van der Waals surface area contributed by atoms with Crippen molar-refractivity contribution >= 4 is 35.1 Å². The predicted molar refractivity (Wildman–Crippen MR) is 159 cm³/mol. The molecule has 1 aromatic rings. The van der Waals surface area contributed by atoms with Gasteiger partial charge in [0.15, 0.2) is 17.7 Å². The number of carbonyl (C=O) groups excluding carboxylic acids is 5. The van der Waals surface area contributed by atoms with Crippen LogP contribution in [0.3, 0.4) is 0 Å². The third-order valence-electron chi connectivity index (χ3n) is 7.56. The van der Waals surface area contributed by atoms with E-state index in [1.807, 2.05) is 32.9 Å². The highest BCUT2D eigenvalue weighted by Gasteiger charge is 2.44. The van der Waals surface area contributed by atoms with E-state index in [1.54, 1.807) is 12.1 Å². The molecule has 1 saturated heterocycles. The maximum atomic E-state index is 13.6. The number of hydrogen-bond acceptors (Lipinski definition) is 8. The number of ketones is 2. The number of imide groups is 1. The number of aliphatic hydroxyl groups is 1. The minimum absolute atomic E-state index is 0.0523. The summed E-state index contributed by atoms with van der Waals surface area (Å²) in [5.41, 5.74) is 1.68. The van der Waals surface area contributed by atoms with Crippen LogP contribution >= 0.6 is 0 Å². The lowest BCUT2D eigenvalue weighted by atomic mass is 9.91. The topological polar surface area (TPSA) is 127 Å². The van der Waals surface area contributed by atoms with Gasteiger partial charge in [-0.3, -0.25) is 19.2 Å². The van der Waals surface area contributed by atoms with Crippen molar-refractivity contribution in [2.45, 2.75) is 105 Å². The lowest BCUT2D eigenvalue weighted by molar-refractivity contribution is -0.158. The minimum Gasteiger partial charge on any atom is -0.453 e. The van der Waals surface area contributed by atoms with Crippen LogP contribution in [-0.2, 0) is 28.7 Å². The molecule has 1 heterocycles. The summed E-state index contributed by atoms with van der Waals surface area (Å²) in [6.07, 6.45) is 6.76. The lowest BCUT2D eigenvalue weighted by Gasteiger charge is -2.28. The standard InChI is InChI=1S/C33H47NO8/c1-22(2)28-21-41-33(40)34(28)32(39)24(4)31(42-25(5)36)30(38)20-27(26-16-14-15-23(3)19-26)29(37)17-12-10-8-6-7-9-11-13-18-35/h14-16,19-20,22,24,28,31,35H,6-13,17-18,21H2,1-5H3/t24-,28+,31-/m0/s1. The molecule has 0 bridgehead atoms. The minimum atomic E-state index is -1.52. The highest BCUT2D eigenvalue weighted by molar-refractivity contribution is 6.25. The summed E-state index contributed by atoms with van der Waals surface area (Å²) in [5, 5.41) is 8.88. The van der Waals surface area contributed by atoms with Gasteiger partial charge in [0, 0.05) is 25.5 Å². The number of rotatable bonds is 18. The van der Waals surface area contributed by atoms with E-state index in [1.165, 1.54) is 13.0 Å². The van der Waals surface area contributed by atoms with Crippen molar-refractivity contribution in [3.05, 3.63) is 41.5 Å². The van der Waals surface area contributed by atoms with E-state index in [9.17, 15) is 24.0 Å². The van der Waals surface area contributed by atoms with Crippen molar-refractivity contribution in [3.8, 4) is 0 Å². The van der Waals surface area contributed by atoms with Gasteiger partial charge < -0.3 is 14.6 Å². The van der Waals surface area contributed by atoms with E-state index in [-0.39, 0.29) is 36.9 Å². The predicted octanol–water partition coefficient (Wildman–Crippen LogP) is 5.59. The number of esters is 1. The number of unbranched alkanes of at least 4 members (excludes halogenated alkanes) is 7. The Morgan fingerprint density at radius 3 is 2.21 bits per heavy atom. The number of ether oxygens (including phenoxy) is 2. The van der Waals surface area contributed by atoms with Crippen LogP contribution < -0.4 is 0 Å². The maximum absolute atomic E-state index is 13.6. The van der Waals surface area contributed by atoms with E-state index >= 15 is 0 Å². The summed E-state index contributed by atoms with van der Waals surface area (Å²) >= 11 is 0. The fourth-order valence-electron chi connectivity index (χ4n) is 5.07. The Labute approximate surface area is 249 Å². The van der Waals surface area contributed by atoms with E-state index in [4.69, 9.17) is 14.6 Å². The van der Waals surface area contributed by atoms with E-state index < -0.39 is 41.8 Å². The van der Waals surface area contributed by atoms with Gasteiger partial charge in [-0.2, -0.15) is 0 Å². The molecule has 2 amide bonds. The second-order valence-corrected chi connectivity index (χ2v) is 11.5. The van der Waals surface area contributed by atoms with Crippen LogP contribution in [0.15, 0.2) is 30.3 Å². The first-order chi connectivity index (χ1) is 20.0. The maximum Gasteiger partial charge on any atom is 0.416 e. The zero-order valence-electron chi connectivity index (χ0n) is 25.7. The van der Waals surface area contributed by atoms with Gasteiger partial charge in [-0.1, -0.05) is 82.2 Å². The van der Waals surface area contributed by atoms with Gasteiger partial charge in [0.2, 0.25) is 5.91 Å². The Bertz CT molecular complexity index is 1120. The molecule has 0 radical (unpaired) electrons. The third-order valence-corrected chi connectivity index (χ3v) is 7.56. The summed E-state index contributed by atoms with van der Waals surface area (Å²) in [4.78, 5) is 65.8. The number of allylic oxidation sites excluding steroid dienone is 1. The molecule has 1 N–H and O–H groups in total. The van der Waals surface area contributed by atoms with Crippen LogP contribution in [-0.4, -0.2) is 64.9 Å². The van der Waals surface area contributed by atoms with E-state index in [0.29, 0.717) is 12.0 Å². The number of carbonyl (C=O) groups is 5. The smallest absolute Gasteiger partial charge is 0.416 e. The molecule has 0 aromatic heterocycles. The molecule has 2 rings (SSSR count). The molecule has 0 saturated carbocycles. The van der Waals surface area contributed by atoms with Gasteiger partial charge in [-0.25, -0.2) is 9.69 Å². The zero-order valence-corrected chi connectivity index (χ0v) is 25.7.